The summed E-state index contributed by atoms with van der Waals surface area (Å²) in [6.07, 6.45) is 2.32. The average molecular weight is 423 g/mol. The predicted octanol–water partition coefficient (Wildman–Crippen LogP) is 5.58. The minimum atomic E-state index is -0.364. The molecule has 0 bridgehead atoms. The number of nitrogens with one attached hydrogen (secondary N) is 2. The predicted molar refractivity (Wildman–Crippen MR) is 121 cm³/mol. The number of aryl methyl sites for hydroxylation is 1. The Morgan fingerprint density at radius 3 is 2.40 bits per heavy atom. The number of amides is 2. The van der Waals surface area contributed by atoms with Crippen LogP contribution in [0, 0.1) is 0 Å². The number of aldehydes is 1. The number of carbonyl (C=O) groups is 2. The van der Waals surface area contributed by atoms with Gasteiger partial charge < -0.3 is 15.4 Å². The van der Waals surface area contributed by atoms with Crippen LogP contribution in [0.2, 0.25) is 5.02 Å². The number of benzene rings is 3. The fourth-order valence-electron chi connectivity index (χ4n) is 3.09. The summed E-state index contributed by atoms with van der Waals surface area (Å²) < 4.78 is 5.14. The second-order valence-electron chi connectivity index (χ2n) is 6.74. The van der Waals surface area contributed by atoms with Crippen molar-refractivity contribution in [1.29, 1.82) is 0 Å². The van der Waals surface area contributed by atoms with Crippen LogP contribution >= 0.6 is 11.6 Å². The second kappa shape index (κ2) is 10.5. The third-order valence-corrected chi connectivity index (χ3v) is 5.00. The van der Waals surface area contributed by atoms with Crippen LogP contribution in [0.25, 0.3) is 11.1 Å². The van der Waals surface area contributed by atoms with E-state index < -0.39 is 0 Å². The summed E-state index contributed by atoms with van der Waals surface area (Å²) in [5.41, 5.74) is 4.30. The molecule has 0 aromatic heterocycles. The van der Waals surface area contributed by atoms with Crippen molar-refractivity contribution in [1.82, 2.24) is 5.32 Å². The molecule has 0 aliphatic carbocycles. The maximum absolute atomic E-state index is 12.1. The van der Waals surface area contributed by atoms with E-state index in [1.807, 2.05) is 18.2 Å². The molecule has 2 N–H and O–H groups in total. The molecule has 0 radical (unpaired) electrons. The minimum absolute atomic E-state index is 0.270. The van der Waals surface area contributed by atoms with Crippen LogP contribution in [0.3, 0.4) is 0 Å². The number of ether oxygens (including phenoxy) is 1. The number of methoxy groups -OCH3 is 1. The molecule has 0 aliphatic heterocycles. The molecule has 0 saturated heterocycles. The summed E-state index contributed by atoms with van der Waals surface area (Å²) in [5, 5.41) is 5.77. The highest BCUT2D eigenvalue weighted by molar-refractivity contribution is 6.34. The van der Waals surface area contributed by atoms with Crippen molar-refractivity contribution in [2.24, 2.45) is 0 Å². The van der Waals surface area contributed by atoms with E-state index in [0.717, 1.165) is 12.8 Å². The van der Waals surface area contributed by atoms with E-state index in [9.17, 15) is 9.59 Å². The summed E-state index contributed by atoms with van der Waals surface area (Å²) >= 11 is 6.12. The molecule has 0 atom stereocenters. The highest BCUT2D eigenvalue weighted by Crippen LogP contribution is 2.30. The summed E-state index contributed by atoms with van der Waals surface area (Å²) in [6, 6.07) is 21.3. The molecule has 3 aromatic carbocycles. The topological polar surface area (TPSA) is 67.4 Å². The van der Waals surface area contributed by atoms with Gasteiger partial charge in [-0.3, -0.25) is 4.79 Å². The first-order valence-corrected chi connectivity index (χ1v) is 10.0. The fourth-order valence-corrected chi connectivity index (χ4v) is 3.31. The standard InChI is InChI=1S/C24H23ClN2O3/c1-30-23-15-22(21(25)14-20(23)16-28)27-24(29)26-13-5-6-17-9-11-19(12-10-17)18-7-3-2-4-8-18/h2-4,7-12,14-16H,5-6,13H2,1H3,(H2,26,27,29). The van der Waals surface area contributed by atoms with Crippen molar-refractivity contribution < 1.29 is 14.3 Å². The molecule has 2 amide bonds. The van der Waals surface area contributed by atoms with Crippen molar-refractivity contribution in [2.75, 3.05) is 19.0 Å². The minimum Gasteiger partial charge on any atom is -0.496 e. The van der Waals surface area contributed by atoms with Crippen LogP contribution in [0.5, 0.6) is 5.75 Å². The highest BCUT2D eigenvalue weighted by atomic mass is 35.5. The Hall–Kier alpha value is -3.31. The van der Waals surface area contributed by atoms with E-state index >= 15 is 0 Å². The average Bonchev–Trinajstić information content (AvgIpc) is 2.78. The summed E-state index contributed by atoms with van der Waals surface area (Å²) in [7, 11) is 1.45. The molecule has 0 fully saturated rings. The maximum Gasteiger partial charge on any atom is 0.319 e. The Bertz CT molecular complexity index is 1000. The first kappa shape index (κ1) is 21.4. The zero-order valence-electron chi connectivity index (χ0n) is 16.7. The van der Waals surface area contributed by atoms with E-state index in [-0.39, 0.29) is 11.1 Å². The Labute approximate surface area is 181 Å². The molecule has 3 rings (SSSR count). The van der Waals surface area contributed by atoms with Gasteiger partial charge in [-0.15, -0.1) is 0 Å². The second-order valence-corrected chi connectivity index (χ2v) is 7.15. The van der Waals surface area contributed by atoms with Gasteiger partial charge in [0.05, 0.1) is 23.4 Å². The lowest BCUT2D eigenvalue weighted by Gasteiger charge is -2.12. The van der Waals surface area contributed by atoms with Crippen molar-refractivity contribution >= 4 is 29.6 Å². The van der Waals surface area contributed by atoms with Crippen LogP contribution in [0.1, 0.15) is 22.3 Å². The van der Waals surface area contributed by atoms with Gasteiger partial charge >= 0.3 is 6.03 Å². The van der Waals surface area contributed by atoms with E-state index in [1.165, 1.54) is 35.9 Å². The SMILES string of the molecule is COc1cc(NC(=O)NCCCc2ccc(-c3ccccc3)cc2)c(Cl)cc1C=O. The lowest BCUT2D eigenvalue weighted by atomic mass is 10.0. The van der Waals surface area contributed by atoms with Crippen LogP contribution in [-0.4, -0.2) is 26.0 Å². The Morgan fingerprint density at radius 1 is 1.03 bits per heavy atom. The fraction of sp³-hybridized carbons (Fsp3) is 0.167. The first-order chi connectivity index (χ1) is 14.6. The van der Waals surface area contributed by atoms with Crippen molar-refractivity contribution in [3.05, 3.63) is 82.9 Å². The largest absolute Gasteiger partial charge is 0.496 e. The van der Waals surface area contributed by atoms with Crippen LogP contribution in [-0.2, 0) is 6.42 Å². The molecular weight excluding hydrogens is 400 g/mol. The van der Waals surface area contributed by atoms with Gasteiger partial charge in [0.25, 0.3) is 0 Å². The lowest BCUT2D eigenvalue weighted by molar-refractivity contribution is 0.112. The normalized spacial score (nSPS) is 10.3. The maximum atomic E-state index is 12.1. The van der Waals surface area contributed by atoms with Gasteiger partial charge in [-0.05, 0) is 35.6 Å². The van der Waals surface area contributed by atoms with Crippen molar-refractivity contribution in [2.45, 2.75) is 12.8 Å². The lowest BCUT2D eigenvalue weighted by Crippen LogP contribution is -2.29. The molecule has 0 spiro atoms. The number of halogens is 1. The number of anilines is 1. The van der Waals surface area contributed by atoms with Crippen LogP contribution in [0.4, 0.5) is 10.5 Å². The zero-order valence-corrected chi connectivity index (χ0v) is 17.4. The Morgan fingerprint density at radius 2 is 1.73 bits per heavy atom. The molecule has 0 heterocycles. The molecule has 0 unspecified atom stereocenters. The molecule has 0 saturated carbocycles. The highest BCUT2D eigenvalue weighted by Gasteiger charge is 2.11. The van der Waals surface area contributed by atoms with Gasteiger partial charge in [0.2, 0.25) is 0 Å². The van der Waals surface area contributed by atoms with Crippen LogP contribution in [0.15, 0.2) is 66.7 Å². The summed E-state index contributed by atoms with van der Waals surface area (Å²) in [6.45, 7) is 0.521. The number of hydrogen-bond donors (Lipinski definition) is 2. The number of rotatable bonds is 8. The number of carbonyl (C=O) groups excluding carboxylic acids is 2. The molecule has 0 aliphatic rings. The van der Waals surface area contributed by atoms with Gasteiger partial charge in [0, 0.05) is 12.6 Å². The summed E-state index contributed by atoms with van der Waals surface area (Å²) in [5.74, 6) is 0.351. The first-order valence-electron chi connectivity index (χ1n) is 9.62. The Balaban J connectivity index is 1.47. The smallest absolute Gasteiger partial charge is 0.319 e. The monoisotopic (exact) mass is 422 g/mol. The van der Waals surface area contributed by atoms with Gasteiger partial charge in [-0.1, -0.05) is 66.2 Å². The van der Waals surface area contributed by atoms with E-state index in [0.29, 0.717) is 29.8 Å². The van der Waals surface area contributed by atoms with Crippen LogP contribution < -0.4 is 15.4 Å². The van der Waals surface area contributed by atoms with Gasteiger partial charge in [-0.2, -0.15) is 0 Å². The number of urea groups is 1. The zero-order chi connectivity index (χ0) is 21.3. The Kier molecular flexibility index (Phi) is 7.46. The van der Waals surface area contributed by atoms with Crippen molar-refractivity contribution in [3.8, 4) is 16.9 Å². The van der Waals surface area contributed by atoms with Gasteiger partial charge in [-0.25, -0.2) is 4.79 Å². The quantitative estimate of drug-likeness (QED) is 0.367. The van der Waals surface area contributed by atoms with E-state index in [2.05, 4.69) is 47.0 Å². The molecule has 6 heteroatoms. The molecular formula is C24H23ClN2O3. The third-order valence-electron chi connectivity index (χ3n) is 4.68. The third kappa shape index (κ3) is 5.61. The van der Waals surface area contributed by atoms with E-state index in [1.54, 1.807) is 0 Å². The summed E-state index contributed by atoms with van der Waals surface area (Å²) in [4.78, 5) is 23.2. The molecule has 5 nitrogen and oxygen atoms in total. The molecule has 30 heavy (non-hydrogen) atoms. The molecule has 154 valence electrons. The van der Waals surface area contributed by atoms with Crippen molar-refractivity contribution in [3.63, 3.8) is 0 Å². The molecule has 3 aromatic rings. The van der Waals surface area contributed by atoms with Gasteiger partial charge in [0.1, 0.15) is 5.75 Å². The van der Waals surface area contributed by atoms with E-state index in [4.69, 9.17) is 16.3 Å². The van der Waals surface area contributed by atoms with Gasteiger partial charge in [0.15, 0.2) is 6.29 Å². The number of hydrogen-bond acceptors (Lipinski definition) is 3.